The van der Waals surface area contributed by atoms with Crippen LogP contribution in [0.4, 0.5) is 36.8 Å². The number of nitrogens with one attached hydrogen (secondary N) is 1. The van der Waals surface area contributed by atoms with E-state index in [4.69, 9.17) is 23.2 Å². The van der Waals surface area contributed by atoms with E-state index in [1.165, 1.54) is 4.90 Å². The molecule has 0 aromatic heterocycles. The highest BCUT2D eigenvalue weighted by molar-refractivity contribution is 6.42. The van der Waals surface area contributed by atoms with Crippen LogP contribution in [0.1, 0.15) is 16.7 Å². The van der Waals surface area contributed by atoms with Gasteiger partial charge in [-0.1, -0.05) is 29.3 Å². The van der Waals surface area contributed by atoms with Gasteiger partial charge in [0.25, 0.3) is 0 Å². The summed E-state index contributed by atoms with van der Waals surface area (Å²) in [5.41, 5.74) is -2.70. The van der Waals surface area contributed by atoms with E-state index in [2.05, 4.69) is 5.32 Å². The molecule has 2 aromatic carbocycles. The quantitative estimate of drug-likeness (QED) is 0.503. The molecule has 0 radical (unpaired) electrons. The molecule has 12 heteroatoms. The molecule has 1 aliphatic heterocycles. The Morgan fingerprint density at radius 3 is 2.18 bits per heavy atom. The third kappa shape index (κ3) is 6.04. The second-order valence-corrected chi connectivity index (χ2v) is 8.42. The Morgan fingerprint density at radius 1 is 1.03 bits per heavy atom. The summed E-state index contributed by atoms with van der Waals surface area (Å²) in [7, 11) is 1.15. The Labute approximate surface area is 196 Å². The van der Waals surface area contributed by atoms with Gasteiger partial charge < -0.3 is 10.2 Å². The van der Waals surface area contributed by atoms with Gasteiger partial charge in [-0.25, -0.2) is 4.79 Å². The summed E-state index contributed by atoms with van der Waals surface area (Å²) in [5, 5.41) is 3.82. The van der Waals surface area contributed by atoms with Gasteiger partial charge in [-0.2, -0.15) is 26.3 Å². The summed E-state index contributed by atoms with van der Waals surface area (Å²) in [6, 6.07) is 4.96. The van der Waals surface area contributed by atoms with Crippen molar-refractivity contribution < 1.29 is 31.1 Å². The number of alkyl halides is 6. The summed E-state index contributed by atoms with van der Waals surface area (Å²) in [5.74, 6) is 0. The first-order valence-corrected chi connectivity index (χ1v) is 10.5. The molecule has 3 rings (SSSR count). The van der Waals surface area contributed by atoms with Crippen LogP contribution in [0.25, 0.3) is 0 Å². The minimum atomic E-state index is -5.01. The van der Waals surface area contributed by atoms with Gasteiger partial charge >= 0.3 is 18.4 Å². The fraction of sp³-hybridized carbons (Fsp3) is 0.381. The molecule has 1 fully saturated rings. The van der Waals surface area contributed by atoms with Crippen LogP contribution in [0.15, 0.2) is 36.4 Å². The standard InChI is InChI=1S/C21H19Cl2F6N3O/c1-31(15-9-13(20(24,25)26)8-14(10-15)21(27,28)29)19(33)32-5-4-30-11-16(32)6-12-2-3-17(22)18(23)7-12/h2-3,7-10,16,30H,4-6,11H2,1H3/t16-/m1/s1. The molecule has 1 atom stereocenters. The number of anilines is 1. The fourth-order valence-electron chi connectivity index (χ4n) is 3.57. The summed E-state index contributed by atoms with van der Waals surface area (Å²) in [4.78, 5) is 15.4. The number of nitrogens with zero attached hydrogens (tertiary/aromatic N) is 2. The molecule has 2 aromatic rings. The van der Waals surface area contributed by atoms with Crippen LogP contribution >= 0.6 is 23.2 Å². The van der Waals surface area contributed by atoms with E-state index < -0.39 is 41.2 Å². The first kappa shape index (κ1) is 25.5. The molecule has 0 aliphatic carbocycles. The van der Waals surface area contributed by atoms with Gasteiger partial charge in [-0.3, -0.25) is 4.90 Å². The van der Waals surface area contributed by atoms with Crippen LogP contribution in [-0.2, 0) is 18.8 Å². The number of rotatable bonds is 3. The van der Waals surface area contributed by atoms with Gasteiger partial charge in [0, 0.05) is 38.4 Å². The van der Waals surface area contributed by atoms with Crippen molar-refractivity contribution in [3.63, 3.8) is 0 Å². The minimum absolute atomic E-state index is 0.0275. The van der Waals surface area contributed by atoms with Gasteiger partial charge in [-0.15, -0.1) is 0 Å². The summed E-state index contributed by atoms with van der Waals surface area (Å²) in [6.45, 7) is 1.03. The van der Waals surface area contributed by atoms with E-state index in [9.17, 15) is 31.1 Å². The summed E-state index contributed by atoms with van der Waals surface area (Å²) in [6.07, 6.45) is -9.66. The van der Waals surface area contributed by atoms with Crippen molar-refractivity contribution >= 4 is 34.9 Å². The van der Waals surface area contributed by atoms with E-state index in [0.717, 1.165) is 17.5 Å². The molecule has 1 saturated heterocycles. The fourth-order valence-corrected chi connectivity index (χ4v) is 3.89. The SMILES string of the molecule is CN(C(=O)N1CCNC[C@H]1Cc1ccc(Cl)c(Cl)c1)c1cc(C(F)(F)F)cc(C(F)(F)F)c1. The monoisotopic (exact) mass is 513 g/mol. The largest absolute Gasteiger partial charge is 0.416 e. The zero-order valence-corrected chi connectivity index (χ0v) is 18.7. The second-order valence-electron chi connectivity index (χ2n) is 7.61. The maximum Gasteiger partial charge on any atom is 0.416 e. The van der Waals surface area contributed by atoms with Crippen molar-refractivity contribution in [1.82, 2.24) is 10.2 Å². The smallest absolute Gasteiger partial charge is 0.318 e. The lowest BCUT2D eigenvalue weighted by atomic mass is 10.0. The Balaban J connectivity index is 1.90. The van der Waals surface area contributed by atoms with E-state index in [-0.39, 0.29) is 12.6 Å². The van der Waals surface area contributed by atoms with E-state index in [0.29, 0.717) is 41.7 Å². The molecule has 4 nitrogen and oxygen atoms in total. The second kappa shape index (κ2) is 9.60. The number of halogens is 8. The summed E-state index contributed by atoms with van der Waals surface area (Å²) >= 11 is 12.0. The number of amides is 2. The Bertz CT molecular complexity index is 996. The summed E-state index contributed by atoms with van der Waals surface area (Å²) < 4.78 is 79.3. The van der Waals surface area contributed by atoms with Crippen LogP contribution in [0, 0.1) is 0 Å². The highest BCUT2D eigenvalue weighted by Crippen LogP contribution is 2.38. The van der Waals surface area contributed by atoms with Crippen molar-refractivity contribution in [3.8, 4) is 0 Å². The highest BCUT2D eigenvalue weighted by Gasteiger charge is 2.38. The number of hydrogen-bond donors (Lipinski definition) is 1. The van der Waals surface area contributed by atoms with Crippen molar-refractivity contribution in [3.05, 3.63) is 63.1 Å². The first-order chi connectivity index (χ1) is 15.3. The van der Waals surface area contributed by atoms with Crippen LogP contribution in [0.2, 0.25) is 10.0 Å². The molecule has 0 saturated carbocycles. The van der Waals surface area contributed by atoms with Crippen LogP contribution < -0.4 is 10.2 Å². The molecule has 2 amide bonds. The Hall–Kier alpha value is -2.17. The molecule has 33 heavy (non-hydrogen) atoms. The van der Waals surface area contributed by atoms with Crippen molar-refractivity contribution in [2.75, 3.05) is 31.6 Å². The topological polar surface area (TPSA) is 35.6 Å². The molecule has 180 valence electrons. The number of benzene rings is 2. The van der Waals surface area contributed by atoms with Gasteiger partial charge in [0.15, 0.2) is 0 Å². The maximum atomic E-state index is 13.2. The van der Waals surface area contributed by atoms with Crippen molar-refractivity contribution in [1.29, 1.82) is 0 Å². The third-order valence-electron chi connectivity index (χ3n) is 5.30. The predicted molar refractivity (Wildman–Crippen MR) is 114 cm³/mol. The van der Waals surface area contributed by atoms with Crippen LogP contribution in [-0.4, -0.2) is 43.7 Å². The van der Waals surface area contributed by atoms with Gasteiger partial charge in [-0.05, 0) is 42.3 Å². The van der Waals surface area contributed by atoms with Gasteiger partial charge in [0.2, 0.25) is 0 Å². The molecule has 1 N–H and O–H groups in total. The lowest BCUT2D eigenvalue weighted by Gasteiger charge is -2.38. The van der Waals surface area contributed by atoms with Crippen molar-refractivity contribution in [2.45, 2.75) is 24.8 Å². The zero-order valence-electron chi connectivity index (χ0n) is 17.2. The molecule has 0 unspecified atom stereocenters. The van der Waals surface area contributed by atoms with Crippen molar-refractivity contribution in [2.24, 2.45) is 0 Å². The molecular formula is C21H19Cl2F6N3O. The predicted octanol–water partition coefficient (Wildman–Crippen LogP) is 6.10. The molecular weight excluding hydrogens is 495 g/mol. The van der Waals surface area contributed by atoms with Gasteiger partial charge in [0.1, 0.15) is 0 Å². The average molecular weight is 514 g/mol. The van der Waals surface area contributed by atoms with E-state index >= 15 is 0 Å². The lowest BCUT2D eigenvalue weighted by molar-refractivity contribution is -0.143. The van der Waals surface area contributed by atoms with Crippen LogP contribution in [0.5, 0.6) is 0 Å². The zero-order chi connectivity index (χ0) is 24.6. The third-order valence-corrected chi connectivity index (χ3v) is 6.04. The number of carbonyl (C=O) groups excluding carboxylic acids is 1. The molecule has 0 bridgehead atoms. The number of piperazine rings is 1. The highest BCUT2D eigenvalue weighted by atomic mass is 35.5. The van der Waals surface area contributed by atoms with E-state index in [1.807, 2.05) is 0 Å². The molecule has 0 spiro atoms. The lowest BCUT2D eigenvalue weighted by Crippen LogP contribution is -2.57. The maximum absolute atomic E-state index is 13.2. The van der Waals surface area contributed by atoms with Crippen LogP contribution in [0.3, 0.4) is 0 Å². The number of urea groups is 1. The number of carbonyl (C=O) groups is 1. The minimum Gasteiger partial charge on any atom is -0.318 e. The molecule has 1 aliphatic rings. The Morgan fingerprint density at radius 2 is 1.64 bits per heavy atom. The average Bonchev–Trinajstić information content (AvgIpc) is 2.74. The normalized spacial score (nSPS) is 17.2. The van der Waals surface area contributed by atoms with Gasteiger partial charge in [0.05, 0.1) is 21.2 Å². The molecule has 1 heterocycles. The number of hydrogen-bond acceptors (Lipinski definition) is 2. The Kier molecular flexibility index (Phi) is 7.40. The van der Waals surface area contributed by atoms with E-state index in [1.54, 1.807) is 18.2 Å². The first-order valence-electron chi connectivity index (χ1n) is 9.76.